The van der Waals surface area contributed by atoms with Crippen molar-refractivity contribution in [3.8, 4) is 0 Å². The minimum atomic E-state index is -0.883. The van der Waals surface area contributed by atoms with Gasteiger partial charge in [0.1, 0.15) is 5.60 Å². The summed E-state index contributed by atoms with van der Waals surface area (Å²) in [5.41, 5.74) is 0.675. The summed E-state index contributed by atoms with van der Waals surface area (Å²) in [4.78, 5) is 24.0. The number of anilines is 1. The van der Waals surface area contributed by atoms with Crippen LogP contribution in [0.4, 0.5) is 5.69 Å². The average molecular weight is 261 g/mol. The highest BCUT2D eigenvalue weighted by atomic mass is 16.5. The summed E-state index contributed by atoms with van der Waals surface area (Å²) >= 11 is 0. The van der Waals surface area contributed by atoms with Crippen LogP contribution in [-0.4, -0.2) is 26.1 Å². The molecule has 5 heteroatoms. The number of hydrogen-bond donors (Lipinski definition) is 1. The normalized spacial score (nSPS) is 31.6. The summed E-state index contributed by atoms with van der Waals surface area (Å²) in [5, 5.41) is 2.86. The molecule has 0 unspecified atom stereocenters. The van der Waals surface area contributed by atoms with E-state index in [0.29, 0.717) is 12.1 Å². The third-order valence-electron chi connectivity index (χ3n) is 4.25. The number of carbonyl (C=O) groups excluding carboxylic acids is 2. The number of esters is 1. The molecule has 5 nitrogen and oxygen atoms in total. The van der Waals surface area contributed by atoms with Crippen molar-refractivity contribution >= 4 is 17.6 Å². The Morgan fingerprint density at radius 3 is 2.79 bits per heavy atom. The topological polar surface area (TPSA) is 64.6 Å². The number of benzene rings is 1. The quantitative estimate of drug-likeness (QED) is 0.815. The fraction of sp³-hybridized carbons (Fsp3) is 0.429. The van der Waals surface area contributed by atoms with Crippen LogP contribution in [0.25, 0.3) is 0 Å². The first-order chi connectivity index (χ1) is 9.15. The summed E-state index contributed by atoms with van der Waals surface area (Å²) in [7, 11) is 2.89. The molecule has 19 heavy (non-hydrogen) atoms. The van der Waals surface area contributed by atoms with E-state index in [4.69, 9.17) is 9.47 Å². The molecule has 3 atom stereocenters. The Bertz CT molecular complexity index is 556. The van der Waals surface area contributed by atoms with E-state index in [1.807, 2.05) is 24.3 Å². The van der Waals surface area contributed by atoms with Gasteiger partial charge >= 0.3 is 5.97 Å². The van der Waals surface area contributed by atoms with Crippen LogP contribution in [-0.2, 0) is 24.7 Å². The predicted molar refractivity (Wildman–Crippen MR) is 67.4 cm³/mol. The molecule has 100 valence electrons. The van der Waals surface area contributed by atoms with Crippen LogP contribution in [0.15, 0.2) is 24.3 Å². The van der Waals surface area contributed by atoms with Crippen LogP contribution in [0.1, 0.15) is 12.0 Å². The van der Waals surface area contributed by atoms with Gasteiger partial charge in [0, 0.05) is 18.4 Å². The van der Waals surface area contributed by atoms with Gasteiger partial charge in [0.05, 0.1) is 18.9 Å². The van der Waals surface area contributed by atoms with Gasteiger partial charge in [-0.2, -0.15) is 0 Å². The van der Waals surface area contributed by atoms with Gasteiger partial charge in [0.15, 0.2) is 0 Å². The number of para-hydroxylation sites is 1. The number of fused-ring (bicyclic) bond motifs is 3. The van der Waals surface area contributed by atoms with Crippen molar-refractivity contribution in [3.63, 3.8) is 0 Å². The molecule has 1 aromatic carbocycles. The molecule has 1 fully saturated rings. The lowest BCUT2D eigenvalue weighted by molar-refractivity contribution is -0.204. The van der Waals surface area contributed by atoms with E-state index in [9.17, 15) is 9.59 Å². The van der Waals surface area contributed by atoms with Crippen molar-refractivity contribution in [2.45, 2.75) is 12.0 Å². The molecule has 0 saturated heterocycles. The molecule has 1 aromatic rings. The molecule has 0 radical (unpaired) electrons. The van der Waals surface area contributed by atoms with Gasteiger partial charge in [-0.25, -0.2) is 0 Å². The SMILES string of the molecule is COC(=O)[C@H]1C[C@@H]2C(=O)Nc3ccccc3[C@@]21OC. The zero-order valence-electron chi connectivity index (χ0n) is 10.8. The smallest absolute Gasteiger partial charge is 0.312 e. The second-order valence-corrected chi connectivity index (χ2v) is 4.90. The second-order valence-electron chi connectivity index (χ2n) is 4.90. The zero-order valence-corrected chi connectivity index (χ0v) is 10.8. The molecule has 1 saturated carbocycles. The summed E-state index contributed by atoms with van der Waals surface area (Å²) in [6.45, 7) is 0. The third kappa shape index (κ3) is 1.39. The summed E-state index contributed by atoms with van der Waals surface area (Å²) < 4.78 is 10.5. The maximum absolute atomic E-state index is 12.1. The molecule has 1 aliphatic carbocycles. The molecule has 0 spiro atoms. The maximum atomic E-state index is 12.1. The fourth-order valence-electron chi connectivity index (χ4n) is 3.31. The van der Waals surface area contributed by atoms with Gasteiger partial charge in [-0.15, -0.1) is 0 Å². The third-order valence-corrected chi connectivity index (χ3v) is 4.25. The van der Waals surface area contributed by atoms with E-state index in [2.05, 4.69) is 5.32 Å². The first-order valence-electron chi connectivity index (χ1n) is 6.18. The first kappa shape index (κ1) is 12.2. The molecule has 2 aliphatic rings. The van der Waals surface area contributed by atoms with Crippen LogP contribution < -0.4 is 5.32 Å². The highest BCUT2D eigenvalue weighted by Crippen LogP contribution is 2.58. The van der Waals surface area contributed by atoms with Gasteiger partial charge in [0.2, 0.25) is 5.91 Å². The van der Waals surface area contributed by atoms with Crippen molar-refractivity contribution in [3.05, 3.63) is 29.8 Å². The summed E-state index contributed by atoms with van der Waals surface area (Å²) in [5.74, 6) is -1.19. The second kappa shape index (κ2) is 4.06. The highest BCUT2D eigenvalue weighted by molar-refractivity contribution is 6.00. The van der Waals surface area contributed by atoms with E-state index < -0.39 is 11.5 Å². The van der Waals surface area contributed by atoms with Crippen molar-refractivity contribution in [1.29, 1.82) is 0 Å². The van der Waals surface area contributed by atoms with E-state index in [1.165, 1.54) is 14.2 Å². The molecule has 1 heterocycles. The Morgan fingerprint density at radius 2 is 2.11 bits per heavy atom. The maximum Gasteiger partial charge on any atom is 0.312 e. The lowest BCUT2D eigenvalue weighted by Crippen LogP contribution is -2.63. The number of ether oxygens (including phenoxy) is 2. The number of methoxy groups -OCH3 is 2. The lowest BCUT2D eigenvalue weighted by atomic mass is 9.55. The summed E-state index contributed by atoms with van der Waals surface area (Å²) in [6.07, 6.45) is 0.459. The van der Waals surface area contributed by atoms with Gasteiger partial charge in [-0.1, -0.05) is 18.2 Å². The molecule has 1 aliphatic heterocycles. The van der Waals surface area contributed by atoms with Crippen molar-refractivity contribution in [2.75, 3.05) is 19.5 Å². The molecular weight excluding hydrogens is 246 g/mol. The van der Waals surface area contributed by atoms with E-state index in [1.54, 1.807) is 0 Å². The minimum absolute atomic E-state index is 0.0966. The number of hydrogen-bond acceptors (Lipinski definition) is 4. The molecule has 3 rings (SSSR count). The Morgan fingerprint density at radius 1 is 1.37 bits per heavy atom. The lowest BCUT2D eigenvalue weighted by Gasteiger charge is -2.55. The number of carbonyl (C=O) groups is 2. The van der Waals surface area contributed by atoms with E-state index >= 15 is 0 Å². The number of nitrogens with one attached hydrogen (secondary N) is 1. The van der Waals surface area contributed by atoms with Crippen molar-refractivity contribution in [1.82, 2.24) is 0 Å². The molecule has 0 aromatic heterocycles. The molecular formula is C14H15NO4. The van der Waals surface area contributed by atoms with Gasteiger partial charge < -0.3 is 14.8 Å². The number of rotatable bonds is 2. The van der Waals surface area contributed by atoms with E-state index in [0.717, 1.165) is 5.56 Å². The Hall–Kier alpha value is -1.88. The Labute approximate surface area is 110 Å². The van der Waals surface area contributed by atoms with Crippen LogP contribution in [0, 0.1) is 11.8 Å². The Kier molecular flexibility index (Phi) is 2.60. The van der Waals surface area contributed by atoms with Crippen molar-refractivity contribution < 1.29 is 19.1 Å². The molecule has 1 N–H and O–H groups in total. The van der Waals surface area contributed by atoms with Crippen molar-refractivity contribution in [2.24, 2.45) is 11.8 Å². The largest absolute Gasteiger partial charge is 0.469 e. The molecule has 1 amide bonds. The first-order valence-corrected chi connectivity index (χ1v) is 6.18. The zero-order chi connectivity index (χ0) is 13.6. The standard InChI is InChI=1S/C14H15NO4/c1-18-13(17)10-7-9-12(16)15-11-6-4-3-5-8(11)14(9,10)19-2/h3-6,9-10H,7H2,1-2H3,(H,15,16)/t9-,10-,14-/m1/s1. The van der Waals surface area contributed by atoms with Gasteiger partial charge in [0.25, 0.3) is 0 Å². The summed E-state index contributed by atoms with van der Waals surface area (Å²) in [6, 6.07) is 7.42. The average Bonchev–Trinajstić information content (AvgIpc) is 2.39. The van der Waals surface area contributed by atoms with Crippen LogP contribution in [0.2, 0.25) is 0 Å². The van der Waals surface area contributed by atoms with Crippen LogP contribution >= 0.6 is 0 Å². The van der Waals surface area contributed by atoms with Crippen LogP contribution in [0.3, 0.4) is 0 Å². The Balaban J connectivity index is 2.14. The highest BCUT2D eigenvalue weighted by Gasteiger charge is 2.65. The van der Waals surface area contributed by atoms with Gasteiger partial charge in [-0.05, 0) is 12.5 Å². The van der Waals surface area contributed by atoms with Gasteiger partial charge in [-0.3, -0.25) is 9.59 Å². The number of amides is 1. The predicted octanol–water partition coefficient (Wildman–Crippen LogP) is 1.29. The molecule has 0 bridgehead atoms. The van der Waals surface area contributed by atoms with E-state index in [-0.39, 0.29) is 17.8 Å². The monoisotopic (exact) mass is 261 g/mol. The fourth-order valence-corrected chi connectivity index (χ4v) is 3.31. The van der Waals surface area contributed by atoms with Crippen LogP contribution in [0.5, 0.6) is 0 Å². The minimum Gasteiger partial charge on any atom is -0.469 e.